The summed E-state index contributed by atoms with van der Waals surface area (Å²) in [5.74, 6) is -0.152. The van der Waals surface area contributed by atoms with Crippen molar-refractivity contribution in [3.05, 3.63) is 11.8 Å². The van der Waals surface area contributed by atoms with E-state index >= 15 is 0 Å². The lowest BCUT2D eigenvalue weighted by molar-refractivity contribution is -0.214. The molecule has 25 heavy (non-hydrogen) atoms. The maximum Gasteiger partial charge on any atom is 0.232 e. The maximum absolute atomic E-state index is 9.76. The van der Waals surface area contributed by atoms with Crippen molar-refractivity contribution in [2.75, 3.05) is 0 Å². The van der Waals surface area contributed by atoms with Gasteiger partial charge in [-0.1, -0.05) is 13.8 Å². The normalized spacial score (nSPS) is 42.9. The fraction of sp³-hybridized carbons (Fsp3) is 0.889. The average molecular weight is 358 g/mol. The quantitative estimate of drug-likeness (QED) is 0.812. The Bertz CT molecular complexity index is 516. The third-order valence-electron chi connectivity index (χ3n) is 4.57. The van der Waals surface area contributed by atoms with Crippen molar-refractivity contribution in [1.29, 1.82) is 0 Å². The van der Waals surface area contributed by atoms with Gasteiger partial charge in [0.1, 0.15) is 18.3 Å². The summed E-state index contributed by atoms with van der Waals surface area (Å²) >= 11 is 0. The van der Waals surface area contributed by atoms with Crippen molar-refractivity contribution >= 4 is 0 Å². The lowest BCUT2D eigenvalue weighted by atomic mass is 10.1. The maximum atomic E-state index is 9.76. The molecule has 0 aromatic heterocycles. The highest BCUT2D eigenvalue weighted by atomic mass is 16.8. The molecule has 0 bridgehead atoms. The highest BCUT2D eigenvalue weighted by Crippen LogP contribution is 2.38. The number of aliphatic hydroxyl groups excluding tert-OH is 1. The molecule has 3 saturated heterocycles. The SMILES string of the molecule is CCC1=C[C@H]2OC(C)(C)O[C@H]2O1.CC[C@H]1O[C@@H]2OC(C)(C)O[C@@H]2[C@H]1O. The molecule has 0 aromatic carbocycles. The van der Waals surface area contributed by atoms with E-state index in [1.807, 2.05) is 40.7 Å². The third-order valence-corrected chi connectivity index (χ3v) is 4.57. The summed E-state index contributed by atoms with van der Waals surface area (Å²) in [6.07, 6.45) is 2.05. The van der Waals surface area contributed by atoms with Crippen LogP contribution in [-0.2, 0) is 28.4 Å². The molecule has 4 aliphatic heterocycles. The zero-order valence-electron chi connectivity index (χ0n) is 15.9. The van der Waals surface area contributed by atoms with Crippen molar-refractivity contribution in [1.82, 2.24) is 0 Å². The second-order valence-electron chi connectivity index (χ2n) is 7.61. The van der Waals surface area contributed by atoms with Crippen LogP contribution in [0.1, 0.15) is 54.4 Å². The van der Waals surface area contributed by atoms with E-state index in [1.54, 1.807) is 0 Å². The molecule has 7 heteroatoms. The molecule has 7 nitrogen and oxygen atoms in total. The van der Waals surface area contributed by atoms with Gasteiger partial charge in [-0.3, -0.25) is 0 Å². The molecule has 0 aliphatic carbocycles. The Balaban J connectivity index is 0.000000146. The summed E-state index contributed by atoms with van der Waals surface area (Å²) in [5.41, 5.74) is 0. The van der Waals surface area contributed by atoms with E-state index in [0.29, 0.717) is 0 Å². The monoisotopic (exact) mass is 358 g/mol. The third kappa shape index (κ3) is 4.02. The number of hydrogen-bond acceptors (Lipinski definition) is 7. The Labute approximate surface area is 149 Å². The Morgan fingerprint density at radius 2 is 1.60 bits per heavy atom. The molecule has 0 aromatic rings. The predicted molar refractivity (Wildman–Crippen MR) is 88.3 cm³/mol. The number of hydrogen-bond donors (Lipinski definition) is 1. The zero-order chi connectivity index (χ0) is 18.4. The predicted octanol–water partition coefficient (Wildman–Crippen LogP) is 2.42. The second kappa shape index (κ2) is 6.79. The Hall–Kier alpha value is -0.700. The molecule has 0 saturated carbocycles. The van der Waals surface area contributed by atoms with Gasteiger partial charge in [-0.2, -0.15) is 0 Å². The molecule has 144 valence electrons. The van der Waals surface area contributed by atoms with Gasteiger partial charge in [-0.15, -0.1) is 0 Å². The molecule has 4 aliphatic rings. The first-order valence-corrected chi connectivity index (χ1v) is 9.06. The van der Waals surface area contributed by atoms with Gasteiger partial charge in [-0.05, 0) is 40.2 Å². The van der Waals surface area contributed by atoms with Crippen LogP contribution in [0, 0.1) is 0 Å². The number of rotatable bonds is 2. The van der Waals surface area contributed by atoms with Crippen LogP contribution in [0.2, 0.25) is 0 Å². The van der Waals surface area contributed by atoms with Crippen LogP contribution in [0.3, 0.4) is 0 Å². The van der Waals surface area contributed by atoms with Crippen molar-refractivity contribution in [2.24, 2.45) is 0 Å². The lowest BCUT2D eigenvalue weighted by Crippen LogP contribution is -2.34. The standard InChI is InChI=1S/C9H16O4.C9H14O3/c1-4-5-6(10)7-8(11-5)13-9(2,3)12-7;1-4-6-5-7-8(10-6)12-9(2,3)11-7/h5-8,10H,4H2,1-3H3;5,7-8H,4H2,1-3H3/t5-,6+,7-,8-;7-,8-/m11/s1. The summed E-state index contributed by atoms with van der Waals surface area (Å²) in [4.78, 5) is 0. The number of ether oxygens (including phenoxy) is 6. The lowest BCUT2D eigenvalue weighted by Gasteiger charge is -2.22. The van der Waals surface area contributed by atoms with Gasteiger partial charge >= 0.3 is 0 Å². The largest absolute Gasteiger partial charge is 0.466 e. The Morgan fingerprint density at radius 3 is 2.16 bits per heavy atom. The summed E-state index contributed by atoms with van der Waals surface area (Å²) in [7, 11) is 0. The summed E-state index contributed by atoms with van der Waals surface area (Å²) in [5, 5.41) is 9.76. The first-order chi connectivity index (χ1) is 11.6. The van der Waals surface area contributed by atoms with Gasteiger partial charge in [0.25, 0.3) is 0 Å². The smallest absolute Gasteiger partial charge is 0.232 e. The molecular weight excluding hydrogens is 328 g/mol. The summed E-state index contributed by atoms with van der Waals surface area (Å²) in [6.45, 7) is 11.5. The number of fused-ring (bicyclic) bond motifs is 2. The highest BCUT2D eigenvalue weighted by molar-refractivity contribution is 5.07. The molecule has 6 atom stereocenters. The van der Waals surface area contributed by atoms with E-state index in [2.05, 4.69) is 6.92 Å². The van der Waals surface area contributed by atoms with Crippen LogP contribution in [0.5, 0.6) is 0 Å². The molecule has 0 spiro atoms. The van der Waals surface area contributed by atoms with E-state index < -0.39 is 24.0 Å². The van der Waals surface area contributed by atoms with Gasteiger partial charge in [-0.25, -0.2) is 0 Å². The molecular formula is C18H30O7. The van der Waals surface area contributed by atoms with Crippen LogP contribution in [0.4, 0.5) is 0 Å². The summed E-state index contributed by atoms with van der Waals surface area (Å²) in [6, 6.07) is 0. The number of allylic oxidation sites excluding steroid dienone is 1. The zero-order valence-corrected chi connectivity index (χ0v) is 15.9. The Morgan fingerprint density at radius 1 is 0.960 bits per heavy atom. The van der Waals surface area contributed by atoms with Crippen molar-refractivity contribution in [3.8, 4) is 0 Å². The molecule has 0 unspecified atom stereocenters. The Kier molecular flexibility index (Phi) is 5.18. The van der Waals surface area contributed by atoms with Gasteiger partial charge in [0.15, 0.2) is 17.9 Å². The van der Waals surface area contributed by atoms with E-state index in [9.17, 15) is 5.11 Å². The van der Waals surface area contributed by atoms with Crippen LogP contribution in [0.25, 0.3) is 0 Å². The molecule has 0 amide bonds. The van der Waals surface area contributed by atoms with Crippen molar-refractivity contribution in [2.45, 2.75) is 103 Å². The highest BCUT2D eigenvalue weighted by Gasteiger charge is 2.53. The molecule has 1 N–H and O–H groups in total. The van der Waals surface area contributed by atoms with Gasteiger partial charge in [0.05, 0.1) is 11.9 Å². The van der Waals surface area contributed by atoms with Crippen LogP contribution in [-0.4, -0.2) is 53.7 Å². The minimum absolute atomic E-state index is 0.00468. The first kappa shape index (κ1) is 19.1. The average Bonchev–Trinajstić information content (AvgIpc) is 3.17. The minimum atomic E-state index is -0.630. The van der Waals surface area contributed by atoms with Gasteiger partial charge < -0.3 is 33.5 Å². The topological polar surface area (TPSA) is 75.6 Å². The van der Waals surface area contributed by atoms with Crippen molar-refractivity contribution < 1.29 is 33.5 Å². The van der Waals surface area contributed by atoms with Crippen LogP contribution in [0.15, 0.2) is 11.8 Å². The number of aliphatic hydroxyl groups is 1. The van der Waals surface area contributed by atoms with Gasteiger partial charge in [0.2, 0.25) is 6.29 Å². The molecule has 4 heterocycles. The molecule has 3 fully saturated rings. The van der Waals surface area contributed by atoms with Crippen molar-refractivity contribution in [3.63, 3.8) is 0 Å². The van der Waals surface area contributed by atoms with Crippen LogP contribution >= 0.6 is 0 Å². The van der Waals surface area contributed by atoms with E-state index in [1.165, 1.54) is 0 Å². The first-order valence-electron chi connectivity index (χ1n) is 9.06. The minimum Gasteiger partial charge on any atom is -0.466 e. The molecule has 0 radical (unpaired) electrons. The molecule has 4 rings (SSSR count). The fourth-order valence-corrected chi connectivity index (χ4v) is 3.43. The van der Waals surface area contributed by atoms with Crippen LogP contribution < -0.4 is 0 Å². The van der Waals surface area contributed by atoms with E-state index in [4.69, 9.17) is 28.4 Å². The fourth-order valence-electron chi connectivity index (χ4n) is 3.43. The second-order valence-corrected chi connectivity index (χ2v) is 7.61. The van der Waals surface area contributed by atoms with E-state index in [-0.39, 0.29) is 24.6 Å². The van der Waals surface area contributed by atoms with E-state index in [0.717, 1.165) is 18.6 Å². The summed E-state index contributed by atoms with van der Waals surface area (Å²) < 4.78 is 33.0. The van der Waals surface area contributed by atoms with Gasteiger partial charge in [0, 0.05) is 6.42 Å².